The molecule has 1 aliphatic rings. The average molecular weight is 417 g/mol. The second-order valence-corrected chi connectivity index (χ2v) is 7.62. The molecule has 150 valence electrons. The molecule has 0 bridgehead atoms. The van der Waals surface area contributed by atoms with Crippen molar-refractivity contribution in [3.05, 3.63) is 100 Å². The third kappa shape index (κ3) is 5.10. The van der Waals surface area contributed by atoms with E-state index in [-0.39, 0.29) is 11.1 Å². The zero-order valence-electron chi connectivity index (χ0n) is 16.0. The molecular formula is C24H19NO4S. The first-order valence-electron chi connectivity index (χ1n) is 9.40. The highest BCUT2D eigenvalue weighted by molar-refractivity contribution is 8.18. The second kappa shape index (κ2) is 9.33. The summed E-state index contributed by atoms with van der Waals surface area (Å²) in [7, 11) is 0. The quantitative estimate of drug-likeness (QED) is 0.538. The monoisotopic (exact) mass is 417 g/mol. The Morgan fingerprint density at radius 2 is 1.37 bits per heavy atom. The number of thioether (sulfide) groups is 1. The Kier molecular flexibility index (Phi) is 6.15. The van der Waals surface area contributed by atoms with E-state index in [0.29, 0.717) is 29.6 Å². The molecule has 0 aliphatic carbocycles. The van der Waals surface area contributed by atoms with Crippen LogP contribution in [0.25, 0.3) is 6.08 Å². The highest BCUT2D eigenvalue weighted by Crippen LogP contribution is 2.32. The zero-order valence-corrected chi connectivity index (χ0v) is 16.9. The molecule has 6 heteroatoms. The molecule has 1 fully saturated rings. The fourth-order valence-electron chi connectivity index (χ4n) is 2.89. The molecule has 4 rings (SSSR count). The summed E-state index contributed by atoms with van der Waals surface area (Å²) in [5.41, 5.74) is 2.83. The number of carbonyl (C=O) groups is 2. The van der Waals surface area contributed by atoms with Gasteiger partial charge in [0.25, 0.3) is 11.1 Å². The van der Waals surface area contributed by atoms with E-state index in [4.69, 9.17) is 9.47 Å². The molecule has 30 heavy (non-hydrogen) atoms. The summed E-state index contributed by atoms with van der Waals surface area (Å²) in [5.74, 6) is 0.788. The summed E-state index contributed by atoms with van der Waals surface area (Å²) in [5, 5.41) is 1.89. The maximum absolute atomic E-state index is 11.8. The minimum Gasteiger partial charge on any atom is -0.485 e. The van der Waals surface area contributed by atoms with Gasteiger partial charge in [-0.15, -0.1) is 0 Å². The van der Waals surface area contributed by atoms with E-state index in [1.807, 2.05) is 78.9 Å². The number of imide groups is 1. The van der Waals surface area contributed by atoms with Crippen LogP contribution in [0.4, 0.5) is 4.79 Å². The molecule has 0 spiro atoms. The Morgan fingerprint density at radius 1 is 0.767 bits per heavy atom. The van der Waals surface area contributed by atoms with E-state index in [0.717, 1.165) is 28.5 Å². The lowest BCUT2D eigenvalue weighted by Crippen LogP contribution is -2.17. The van der Waals surface area contributed by atoms with Gasteiger partial charge in [-0.3, -0.25) is 14.9 Å². The van der Waals surface area contributed by atoms with Crippen LogP contribution in [0.3, 0.4) is 0 Å². The molecule has 3 aromatic carbocycles. The Balaban J connectivity index is 1.57. The SMILES string of the molecule is O=C1NC(=O)/C(=C/c2ccc(OCc3ccccc3)c(OCc3ccccc3)c2)S1. The van der Waals surface area contributed by atoms with E-state index in [2.05, 4.69) is 5.32 Å². The summed E-state index contributed by atoms with van der Waals surface area (Å²) >= 11 is 0.886. The summed E-state index contributed by atoms with van der Waals surface area (Å²) in [6.45, 7) is 0.798. The standard InChI is InChI=1S/C24H19NO4S/c26-23-22(30-24(27)25-23)14-19-11-12-20(28-15-17-7-3-1-4-8-17)21(13-19)29-16-18-9-5-2-6-10-18/h1-14H,15-16H2,(H,25,26,27)/b22-14-. The summed E-state index contributed by atoms with van der Waals surface area (Å²) < 4.78 is 12.0. The highest BCUT2D eigenvalue weighted by Gasteiger charge is 2.25. The molecule has 0 saturated carbocycles. The van der Waals surface area contributed by atoms with Gasteiger partial charge >= 0.3 is 0 Å². The molecule has 1 saturated heterocycles. The fourth-order valence-corrected chi connectivity index (χ4v) is 3.57. The first-order valence-corrected chi connectivity index (χ1v) is 10.2. The molecule has 0 unspecified atom stereocenters. The number of benzene rings is 3. The van der Waals surface area contributed by atoms with Crippen LogP contribution in [0.5, 0.6) is 11.5 Å². The maximum atomic E-state index is 11.8. The van der Waals surface area contributed by atoms with Crippen LogP contribution in [-0.4, -0.2) is 11.1 Å². The van der Waals surface area contributed by atoms with Crippen molar-refractivity contribution in [2.75, 3.05) is 0 Å². The molecule has 0 radical (unpaired) electrons. The third-order valence-electron chi connectivity index (χ3n) is 4.38. The van der Waals surface area contributed by atoms with Gasteiger partial charge in [0.2, 0.25) is 0 Å². The third-order valence-corrected chi connectivity index (χ3v) is 5.19. The Morgan fingerprint density at radius 3 is 1.93 bits per heavy atom. The number of nitrogens with one attached hydrogen (secondary N) is 1. The first-order chi connectivity index (χ1) is 14.7. The predicted octanol–water partition coefficient (Wildman–Crippen LogP) is 5.17. The largest absolute Gasteiger partial charge is 0.485 e. The van der Waals surface area contributed by atoms with Crippen LogP contribution in [0, 0.1) is 0 Å². The first kappa shape index (κ1) is 19.8. The van der Waals surface area contributed by atoms with E-state index < -0.39 is 0 Å². The fraction of sp³-hybridized carbons (Fsp3) is 0.0833. The molecule has 0 aromatic heterocycles. The van der Waals surface area contributed by atoms with Crippen molar-refractivity contribution in [2.24, 2.45) is 0 Å². The Labute approximate surface area is 178 Å². The number of amides is 2. The van der Waals surface area contributed by atoms with Crippen molar-refractivity contribution >= 4 is 29.0 Å². The number of rotatable bonds is 7. The normalized spacial score (nSPS) is 14.6. The maximum Gasteiger partial charge on any atom is 0.290 e. The van der Waals surface area contributed by atoms with Gasteiger partial charge in [0.05, 0.1) is 4.91 Å². The minimum atomic E-state index is -0.388. The number of hydrogen-bond donors (Lipinski definition) is 1. The highest BCUT2D eigenvalue weighted by atomic mass is 32.2. The van der Waals surface area contributed by atoms with Gasteiger partial charge in [0.1, 0.15) is 13.2 Å². The van der Waals surface area contributed by atoms with Crippen LogP contribution in [0.15, 0.2) is 83.8 Å². The van der Waals surface area contributed by atoms with Crippen LogP contribution in [0.1, 0.15) is 16.7 Å². The van der Waals surface area contributed by atoms with Gasteiger partial charge in [-0.2, -0.15) is 0 Å². The molecule has 5 nitrogen and oxygen atoms in total. The van der Waals surface area contributed by atoms with Gasteiger partial charge in [0.15, 0.2) is 11.5 Å². The molecule has 1 heterocycles. The van der Waals surface area contributed by atoms with Gasteiger partial charge in [0, 0.05) is 0 Å². The Bertz CT molecular complexity index is 1080. The topological polar surface area (TPSA) is 64.6 Å². The van der Waals surface area contributed by atoms with Crippen LogP contribution in [-0.2, 0) is 18.0 Å². The van der Waals surface area contributed by atoms with Crippen molar-refractivity contribution in [1.29, 1.82) is 0 Å². The lowest BCUT2D eigenvalue weighted by molar-refractivity contribution is -0.115. The summed E-state index contributed by atoms with van der Waals surface area (Å²) in [6.07, 6.45) is 1.67. The van der Waals surface area contributed by atoms with Crippen molar-refractivity contribution in [3.63, 3.8) is 0 Å². The van der Waals surface area contributed by atoms with Crippen LogP contribution < -0.4 is 14.8 Å². The molecular weight excluding hydrogens is 398 g/mol. The molecule has 2 amide bonds. The van der Waals surface area contributed by atoms with Crippen molar-refractivity contribution in [2.45, 2.75) is 13.2 Å². The van der Waals surface area contributed by atoms with Gasteiger partial charge < -0.3 is 9.47 Å². The molecule has 3 aromatic rings. The van der Waals surface area contributed by atoms with Gasteiger partial charge in [-0.25, -0.2) is 0 Å². The van der Waals surface area contributed by atoms with Gasteiger partial charge in [-0.05, 0) is 46.7 Å². The van der Waals surface area contributed by atoms with Crippen molar-refractivity contribution < 1.29 is 19.1 Å². The summed E-state index contributed by atoms with van der Waals surface area (Å²) in [6, 6.07) is 25.2. The summed E-state index contributed by atoms with van der Waals surface area (Å²) in [4.78, 5) is 23.6. The lowest BCUT2D eigenvalue weighted by atomic mass is 10.1. The van der Waals surface area contributed by atoms with E-state index in [9.17, 15) is 9.59 Å². The van der Waals surface area contributed by atoms with E-state index in [1.165, 1.54) is 0 Å². The number of ether oxygens (including phenoxy) is 2. The molecule has 1 N–H and O–H groups in total. The van der Waals surface area contributed by atoms with Crippen LogP contribution in [0.2, 0.25) is 0 Å². The lowest BCUT2D eigenvalue weighted by Gasteiger charge is -2.14. The minimum absolute atomic E-state index is 0.354. The molecule has 0 atom stereocenters. The Hall–Kier alpha value is -3.51. The molecule has 1 aliphatic heterocycles. The zero-order chi connectivity index (χ0) is 20.8. The van der Waals surface area contributed by atoms with Crippen molar-refractivity contribution in [1.82, 2.24) is 5.32 Å². The van der Waals surface area contributed by atoms with Gasteiger partial charge in [-0.1, -0.05) is 66.7 Å². The number of hydrogen-bond acceptors (Lipinski definition) is 5. The average Bonchev–Trinajstić information content (AvgIpc) is 3.09. The van der Waals surface area contributed by atoms with E-state index in [1.54, 1.807) is 6.08 Å². The second-order valence-electron chi connectivity index (χ2n) is 6.61. The number of carbonyl (C=O) groups excluding carboxylic acids is 2. The predicted molar refractivity (Wildman–Crippen MR) is 117 cm³/mol. The van der Waals surface area contributed by atoms with E-state index >= 15 is 0 Å². The smallest absolute Gasteiger partial charge is 0.290 e. The van der Waals surface area contributed by atoms with Crippen LogP contribution >= 0.6 is 11.8 Å². The van der Waals surface area contributed by atoms with Crippen molar-refractivity contribution in [3.8, 4) is 11.5 Å².